The van der Waals surface area contributed by atoms with Crippen LogP contribution in [0.1, 0.15) is 65.2 Å². The van der Waals surface area contributed by atoms with Gasteiger partial charge in [-0.05, 0) is 61.1 Å². The summed E-state index contributed by atoms with van der Waals surface area (Å²) in [7, 11) is 1.71. The van der Waals surface area contributed by atoms with E-state index < -0.39 is 0 Å². The topological polar surface area (TPSA) is 24.1 Å². The molecule has 0 aromatic heterocycles. The van der Waals surface area contributed by atoms with Gasteiger partial charge in [0.25, 0.3) is 0 Å². The maximum Gasteiger partial charge on any atom is 0.0303 e. The van der Waals surface area contributed by atoms with E-state index >= 15 is 0 Å². The van der Waals surface area contributed by atoms with E-state index in [9.17, 15) is 0 Å². The van der Waals surface area contributed by atoms with Gasteiger partial charge in [-0.3, -0.25) is 4.72 Å². The second kappa shape index (κ2) is 13.0. The van der Waals surface area contributed by atoms with E-state index in [0.717, 1.165) is 13.1 Å². The van der Waals surface area contributed by atoms with E-state index in [1.807, 2.05) is 0 Å². The van der Waals surface area contributed by atoms with E-state index in [2.05, 4.69) is 57.2 Å². The van der Waals surface area contributed by atoms with Crippen LogP contribution in [-0.2, 0) is 0 Å². The summed E-state index contributed by atoms with van der Waals surface area (Å²) < 4.78 is 3.49. The highest BCUT2D eigenvalue weighted by Gasteiger charge is 2.06. The highest BCUT2D eigenvalue weighted by Crippen LogP contribution is 2.20. The molecule has 1 unspecified atom stereocenters. The van der Waals surface area contributed by atoms with Crippen molar-refractivity contribution in [2.75, 3.05) is 13.1 Å². The Morgan fingerprint density at radius 3 is 2.76 bits per heavy atom. The first-order valence-electron chi connectivity index (χ1n) is 8.33. The zero-order valence-electron chi connectivity index (χ0n) is 13.6. The second-order valence-electron chi connectivity index (χ2n) is 6.02. The molecule has 0 spiro atoms. The van der Waals surface area contributed by atoms with Gasteiger partial charge in [-0.1, -0.05) is 43.1 Å². The second-order valence-corrected chi connectivity index (χ2v) is 7.73. The molecule has 2 nitrogen and oxygen atoms in total. The molecule has 122 valence electrons. The molecule has 0 radical (unpaired) electrons. The first kappa shape index (κ1) is 19.5. The van der Waals surface area contributed by atoms with Gasteiger partial charge in [-0.15, -0.1) is 0 Å². The molecule has 0 aromatic carbocycles. The standard InChI is InChI=1S/C17H31IN2S/c1-3-4-8-17(20-21-18)14-19-13-6-5-7-16-11-9-15(2)10-12-16/h9,12,17,19-20H,3-8,10-11,13-14H2,1-2H3. The van der Waals surface area contributed by atoms with Crippen molar-refractivity contribution in [3.05, 3.63) is 23.3 Å². The fourth-order valence-electron chi connectivity index (χ4n) is 2.58. The fraction of sp³-hybridized carbons (Fsp3) is 0.765. The summed E-state index contributed by atoms with van der Waals surface area (Å²) >= 11 is 2.32. The Morgan fingerprint density at radius 2 is 2.10 bits per heavy atom. The van der Waals surface area contributed by atoms with Crippen LogP contribution >= 0.6 is 30.3 Å². The van der Waals surface area contributed by atoms with E-state index in [0.29, 0.717) is 6.04 Å². The average Bonchev–Trinajstić information content (AvgIpc) is 2.50. The number of hydrogen-bond donors (Lipinski definition) is 2. The van der Waals surface area contributed by atoms with Crippen molar-refractivity contribution >= 4 is 30.3 Å². The van der Waals surface area contributed by atoms with Gasteiger partial charge in [0.05, 0.1) is 0 Å². The molecule has 2 N–H and O–H groups in total. The van der Waals surface area contributed by atoms with E-state index in [4.69, 9.17) is 0 Å². The predicted octanol–water partition coefficient (Wildman–Crippen LogP) is 5.56. The number of allylic oxidation sites excluding steroid dienone is 4. The van der Waals surface area contributed by atoms with Crippen LogP contribution in [-0.4, -0.2) is 19.1 Å². The molecule has 0 aromatic rings. The van der Waals surface area contributed by atoms with E-state index in [1.54, 1.807) is 14.7 Å². The summed E-state index contributed by atoms with van der Waals surface area (Å²) in [6.45, 7) is 6.74. The maximum atomic E-state index is 3.61. The minimum Gasteiger partial charge on any atom is -0.315 e. The third-order valence-electron chi connectivity index (χ3n) is 4.03. The van der Waals surface area contributed by atoms with Crippen molar-refractivity contribution in [2.45, 2.75) is 71.3 Å². The number of halogens is 1. The van der Waals surface area contributed by atoms with Crippen molar-refractivity contribution in [1.29, 1.82) is 0 Å². The van der Waals surface area contributed by atoms with Gasteiger partial charge in [-0.2, -0.15) is 0 Å². The average molecular weight is 422 g/mol. The quantitative estimate of drug-likeness (QED) is 0.186. The fourth-order valence-corrected chi connectivity index (χ4v) is 3.98. The van der Waals surface area contributed by atoms with Crippen molar-refractivity contribution in [2.24, 2.45) is 0 Å². The minimum absolute atomic E-state index is 0.612. The third-order valence-corrected chi connectivity index (χ3v) is 5.22. The van der Waals surface area contributed by atoms with Crippen molar-refractivity contribution < 1.29 is 0 Å². The van der Waals surface area contributed by atoms with Crippen LogP contribution in [0.5, 0.6) is 0 Å². The first-order valence-corrected chi connectivity index (χ1v) is 11.7. The lowest BCUT2D eigenvalue weighted by molar-refractivity contribution is 0.496. The zero-order valence-corrected chi connectivity index (χ0v) is 16.6. The van der Waals surface area contributed by atoms with Crippen LogP contribution in [0, 0.1) is 0 Å². The van der Waals surface area contributed by atoms with Gasteiger partial charge in [0.2, 0.25) is 0 Å². The van der Waals surface area contributed by atoms with Crippen LogP contribution in [0.25, 0.3) is 0 Å². The summed E-state index contributed by atoms with van der Waals surface area (Å²) in [5, 5.41) is 3.61. The summed E-state index contributed by atoms with van der Waals surface area (Å²) in [4.78, 5) is 0. The van der Waals surface area contributed by atoms with E-state index in [-0.39, 0.29) is 0 Å². The third kappa shape index (κ3) is 9.97. The smallest absolute Gasteiger partial charge is 0.0303 e. The number of nitrogens with one attached hydrogen (secondary N) is 2. The molecule has 21 heavy (non-hydrogen) atoms. The molecular weight excluding hydrogens is 391 g/mol. The predicted molar refractivity (Wildman–Crippen MR) is 106 cm³/mol. The van der Waals surface area contributed by atoms with Crippen molar-refractivity contribution in [3.63, 3.8) is 0 Å². The Kier molecular flexibility index (Phi) is 12.1. The lowest BCUT2D eigenvalue weighted by Crippen LogP contribution is -2.35. The SMILES string of the molecule is CCCCC(CNCCCCC1=CCC(C)=CC1)NSI. The first-order chi connectivity index (χ1) is 10.3. The lowest BCUT2D eigenvalue weighted by Gasteiger charge is -2.17. The summed E-state index contributed by atoms with van der Waals surface area (Å²) in [6, 6.07) is 0.612. The molecule has 0 heterocycles. The van der Waals surface area contributed by atoms with Crippen LogP contribution in [0.15, 0.2) is 23.3 Å². The largest absolute Gasteiger partial charge is 0.315 e. The highest BCUT2D eigenvalue weighted by molar-refractivity contribution is 14.2. The van der Waals surface area contributed by atoms with Gasteiger partial charge < -0.3 is 5.32 Å². The molecule has 1 rings (SSSR count). The van der Waals surface area contributed by atoms with Crippen molar-refractivity contribution in [3.8, 4) is 0 Å². The lowest BCUT2D eigenvalue weighted by atomic mass is 9.96. The number of rotatable bonds is 12. The van der Waals surface area contributed by atoms with Gasteiger partial charge in [0, 0.05) is 33.8 Å². The molecule has 1 atom stereocenters. The molecule has 0 bridgehead atoms. The molecule has 0 saturated heterocycles. The molecule has 4 heteroatoms. The molecule has 0 saturated carbocycles. The van der Waals surface area contributed by atoms with Crippen molar-refractivity contribution in [1.82, 2.24) is 10.0 Å². The summed E-state index contributed by atoms with van der Waals surface area (Å²) in [5.41, 5.74) is 3.17. The van der Waals surface area contributed by atoms with Crippen LogP contribution < -0.4 is 10.0 Å². The minimum atomic E-state index is 0.612. The molecular formula is C17H31IN2S. The molecule has 1 aliphatic carbocycles. The van der Waals surface area contributed by atoms with Crippen LogP contribution in [0.4, 0.5) is 0 Å². The molecule has 0 aliphatic heterocycles. The Hall–Kier alpha value is 0.480. The van der Waals surface area contributed by atoms with Gasteiger partial charge in [-0.25, -0.2) is 0 Å². The van der Waals surface area contributed by atoms with Gasteiger partial charge >= 0.3 is 0 Å². The Labute approximate surface area is 147 Å². The maximum absolute atomic E-state index is 3.61. The summed E-state index contributed by atoms with van der Waals surface area (Å²) in [6.07, 6.45) is 15.0. The molecule has 0 amide bonds. The van der Waals surface area contributed by atoms with E-state index in [1.165, 1.54) is 56.9 Å². The highest BCUT2D eigenvalue weighted by atomic mass is 127. The van der Waals surface area contributed by atoms with Crippen LogP contribution in [0.2, 0.25) is 0 Å². The van der Waals surface area contributed by atoms with Crippen LogP contribution in [0.3, 0.4) is 0 Å². The molecule has 0 fully saturated rings. The molecule has 1 aliphatic rings. The van der Waals surface area contributed by atoms with Gasteiger partial charge in [0.1, 0.15) is 0 Å². The Balaban J connectivity index is 2.00. The number of hydrogen-bond acceptors (Lipinski definition) is 3. The van der Waals surface area contributed by atoms with Gasteiger partial charge in [0.15, 0.2) is 0 Å². The normalized spacial score (nSPS) is 16.5. The Morgan fingerprint density at radius 1 is 1.24 bits per heavy atom. The monoisotopic (exact) mass is 422 g/mol. The Bertz CT molecular complexity index is 329. The summed E-state index contributed by atoms with van der Waals surface area (Å²) in [5.74, 6) is 0. The number of unbranched alkanes of at least 4 members (excludes halogenated alkanes) is 2. The zero-order chi connectivity index (χ0) is 15.3.